The third-order valence-corrected chi connectivity index (χ3v) is 7.71. The Hall–Kier alpha value is -3.33. The number of carboxylic acid groups (broad SMARTS) is 1. The molecule has 1 unspecified atom stereocenters. The third kappa shape index (κ3) is 4.29. The Balaban J connectivity index is 1.49. The monoisotopic (exact) mass is 537 g/mol. The van der Waals surface area contributed by atoms with Gasteiger partial charge in [0.05, 0.1) is 22.1 Å². The van der Waals surface area contributed by atoms with Gasteiger partial charge in [0.25, 0.3) is 0 Å². The van der Waals surface area contributed by atoms with Gasteiger partial charge in [-0.2, -0.15) is 9.61 Å². The Bertz CT molecular complexity index is 1400. The quantitative estimate of drug-likeness (QED) is 0.332. The number of aryl methyl sites for hydroxylation is 1. The van der Waals surface area contributed by atoms with Crippen LogP contribution in [-0.2, 0) is 4.79 Å². The first-order valence-electron chi connectivity index (χ1n) is 11.6. The summed E-state index contributed by atoms with van der Waals surface area (Å²) in [5.41, 5.74) is 12.6. The first-order chi connectivity index (χ1) is 16.8. The highest BCUT2D eigenvalue weighted by Crippen LogP contribution is 2.42. The minimum atomic E-state index is -1.82. The van der Waals surface area contributed by atoms with Crippen molar-refractivity contribution < 1.29 is 14.3 Å². The second-order valence-electron chi connectivity index (χ2n) is 9.10. The zero-order chi connectivity index (χ0) is 24.7. The van der Waals surface area contributed by atoms with Crippen LogP contribution in [0.25, 0.3) is 28.0 Å². The van der Waals surface area contributed by atoms with Crippen LogP contribution < -0.4 is 5.73 Å². The van der Waals surface area contributed by atoms with Crippen molar-refractivity contribution in [2.45, 2.75) is 44.7 Å². The fourth-order valence-corrected chi connectivity index (χ4v) is 5.57. The Labute approximate surface area is 210 Å². The topological polar surface area (TPSA) is 106 Å². The van der Waals surface area contributed by atoms with Crippen LogP contribution in [0.5, 0.6) is 0 Å². The van der Waals surface area contributed by atoms with E-state index in [1.165, 1.54) is 0 Å². The second-order valence-corrected chi connectivity index (χ2v) is 9.89. The molecule has 7 nitrogen and oxygen atoms in total. The average Bonchev–Trinajstić information content (AvgIpc) is 3.30. The number of fused-ring (bicyclic) bond motifs is 1. The van der Waals surface area contributed by atoms with Crippen molar-refractivity contribution in [2.24, 2.45) is 5.92 Å². The number of carbonyl (C=O) groups is 1. The van der Waals surface area contributed by atoms with Crippen LogP contribution in [-0.4, -0.2) is 36.8 Å². The summed E-state index contributed by atoms with van der Waals surface area (Å²) < 4.78 is 16.3. The lowest BCUT2D eigenvalue weighted by atomic mass is 9.78. The first kappa shape index (κ1) is 23.4. The second kappa shape index (κ2) is 9.37. The molecule has 0 bridgehead atoms. The molecule has 1 aliphatic carbocycles. The molecule has 0 aliphatic heterocycles. The molecule has 0 amide bonds. The van der Waals surface area contributed by atoms with Crippen molar-refractivity contribution in [3.63, 3.8) is 0 Å². The molecule has 35 heavy (non-hydrogen) atoms. The molecule has 4 aromatic rings. The van der Waals surface area contributed by atoms with E-state index in [9.17, 15) is 9.18 Å². The van der Waals surface area contributed by atoms with Crippen LogP contribution in [0.3, 0.4) is 0 Å². The van der Waals surface area contributed by atoms with Gasteiger partial charge in [0.1, 0.15) is 5.82 Å². The van der Waals surface area contributed by atoms with Gasteiger partial charge < -0.3 is 10.8 Å². The van der Waals surface area contributed by atoms with E-state index in [4.69, 9.17) is 20.8 Å². The highest BCUT2D eigenvalue weighted by atomic mass is 79.9. The van der Waals surface area contributed by atoms with Gasteiger partial charge in [-0.1, -0.05) is 30.3 Å². The lowest BCUT2D eigenvalue weighted by molar-refractivity contribution is -0.145. The molecular formula is C26H25BrFN5O2. The van der Waals surface area contributed by atoms with Crippen LogP contribution in [0, 0.1) is 12.8 Å². The fourth-order valence-electron chi connectivity index (χ4n) is 4.99. The van der Waals surface area contributed by atoms with Crippen LogP contribution in [0.2, 0.25) is 0 Å². The summed E-state index contributed by atoms with van der Waals surface area (Å²) >= 11 is 3.59. The van der Waals surface area contributed by atoms with Gasteiger partial charge in [0.15, 0.2) is 11.8 Å². The maximum absolute atomic E-state index is 14.0. The number of pyridine rings is 1. The number of aromatic nitrogens is 4. The molecule has 3 N–H and O–H groups in total. The number of hydrogen-bond acceptors (Lipinski definition) is 5. The minimum absolute atomic E-state index is 0.0528. The molecule has 180 valence electrons. The van der Waals surface area contributed by atoms with Crippen molar-refractivity contribution in [3.05, 3.63) is 64.5 Å². The molecule has 0 spiro atoms. The van der Waals surface area contributed by atoms with E-state index in [0.717, 1.165) is 33.6 Å². The number of nitrogen functional groups attached to an aromatic ring is 1. The number of nitrogens with zero attached hydrogens (tertiary/aromatic N) is 4. The van der Waals surface area contributed by atoms with E-state index in [-0.39, 0.29) is 5.92 Å². The molecule has 9 heteroatoms. The minimum Gasteiger partial charge on any atom is -0.479 e. The smallest absolute Gasteiger partial charge is 0.338 e. The van der Waals surface area contributed by atoms with E-state index >= 15 is 0 Å². The lowest BCUT2D eigenvalue weighted by Gasteiger charge is -2.29. The molecule has 1 fully saturated rings. The number of alkyl halides is 1. The number of halogens is 2. The third-order valence-electron chi connectivity index (χ3n) is 6.89. The van der Waals surface area contributed by atoms with Gasteiger partial charge in [-0.25, -0.2) is 14.2 Å². The Kier molecular flexibility index (Phi) is 6.27. The summed E-state index contributed by atoms with van der Waals surface area (Å²) in [6.07, 6.45) is 4.03. The zero-order valence-electron chi connectivity index (χ0n) is 19.2. The van der Waals surface area contributed by atoms with Gasteiger partial charge >= 0.3 is 5.97 Å². The van der Waals surface area contributed by atoms with Gasteiger partial charge in [-0.05, 0) is 60.2 Å². The van der Waals surface area contributed by atoms with E-state index in [2.05, 4.69) is 27.1 Å². The van der Waals surface area contributed by atoms with E-state index < -0.39 is 18.1 Å². The number of benzene rings is 1. The number of aliphatic carboxylic acids is 1. The van der Waals surface area contributed by atoms with E-state index in [1.54, 1.807) is 10.7 Å². The number of nitrogens with two attached hydrogens (primary N) is 1. The normalized spacial score (nSPS) is 19.1. The SMILES string of the molecule is Cc1cc(-c2cnn3c(N)c(Br)c([C@H]4CC[C@@H](C(F)C(=O)O)CC4)nc23)cnc1-c1ccccc1. The molecule has 1 aliphatic rings. The predicted octanol–water partition coefficient (Wildman–Crippen LogP) is 5.81. The average molecular weight is 538 g/mol. The summed E-state index contributed by atoms with van der Waals surface area (Å²) in [5.74, 6) is -1.36. The number of hydrogen-bond donors (Lipinski definition) is 2. The summed E-state index contributed by atoms with van der Waals surface area (Å²) in [5, 5.41) is 13.5. The summed E-state index contributed by atoms with van der Waals surface area (Å²) in [6.45, 7) is 2.03. The summed E-state index contributed by atoms with van der Waals surface area (Å²) in [6, 6.07) is 12.1. The summed E-state index contributed by atoms with van der Waals surface area (Å²) in [7, 11) is 0. The Morgan fingerprint density at radius 2 is 1.89 bits per heavy atom. The van der Waals surface area contributed by atoms with Gasteiger partial charge in [0, 0.05) is 34.7 Å². The van der Waals surface area contributed by atoms with Crippen molar-refractivity contribution >= 4 is 33.4 Å². The first-order valence-corrected chi connectivity index (χ1v) is 12.4. The predicted molar refractivity (Wildman–Crippen MR) is 136 cm³/mol. The maximum atomic E-state index is 14.0. The summed E-state index contributed by atoms with van der Waals surface area (Å²) in [4.78, 5) is 20.7. The molecule has 5 rings (SSSR count). The zero-order valence-corrected chi connectivity index (χ0v) is 20.7. The van der Waals surface area contributed by atoms with Gasteiger partial charge in [-0.3, -0.25) is 4.98 Å². The van der Waals surface area contributed by atoms with E-state index in [0.29, 0.717) is 41.6 Å². The largest absolute Gasteiger partial charge is 0.479 e. The van der Waals surface area contributed by atoms with Crippen molar-refractivity contribution in [3.8, 4) is 22.4 Å². The Morgan fingerprint density at radius 3 is 2.54 bits per heavy atom. The molecular weight excluding hydrogens is 513 g/mol. The van der Waals surface area contributed by atoms with Gasteiger partial charge in [-0.15, -0.1) is 0 Å². The highest BCUT2D eigenvalue weighted by molar-refractivity contribution is 9.10. The maximum Gasteiger partial charge on any atom is 0.338 e. The molecule has 1 aromatic carbocycles. The van der Waals surface area contributed by atoms with Crippen LogP contribution in [0.1, 0.15) is 42.9 Å². The van der Waals surface area contributed by atoms with Gasteiger partial charge in [0.2, 0.25) is 0 Å². The molecule has 1 atom stereocenters. The van der Waals surface area contributed by atoms with Crippen molar-refractivity contribution in [1.82, 2.24) is 19.6 Å². The van der Waals surface area contributed by atoms with Crippen LogP contribution in [0.4, 0.5) is 10.2 Å². The van der Waals surface area contributed by atoms with Crippen molar-refractivity contribution in [1.29, 1.82) is 0 Å². The number of anilines is 1. The highest BCUT2D eigenvalue weighted by Gasteiger charge is 2.34. The lowest BCUT2D eigenvalue weighted by Crippen LogP contribution is -2.28. The fraction of sp³-hybridized carbons (Fsp3) is 0.308. The molecule has 1 saturated carbocycles. The Morgan fingerprint density at radius 1 is 1.17 bits per heavy atom. The molecule has 0 radical (unpaired) electrons. The van der Waals surface area contributed by atoms with Crippen molar-refractivity contribution in [2.75, 3.05) is 5.73 Å². The standard InChI is InChI=1S/C26H25BrFN5O2/c1-14-11-18(12-30-22(14)16-5-3-2-4-6-16)19-13-31-33-24(29)20(27)23(32-25(19)33)17-9-7-15(8-10-17)21(28)26(34)35/h2-6,11-13,15,17,21H,7-10,29H2,1H3,(H,34,35)/t15-,17+,21?. The van der Waals surface area contributed by atoms with Crippen LogP contribution >= 0.6 is 15.9 Å². The van der Waals surface area contributed by atoms with Crippen LogP contribution in [0.15, 0.2) is 53.3 Å². The molecule has 0 saturated heterocycles. The number of rotatable bonds is 5. The number of carboxylic acids is 1. The molecule has 3 aromatic heterocycles. The van der Waals surface area contributed by atoms with E-state index in [1.807, 2.05) is 43.5 Å². The molecule has 3 heterocycles.